The average molecular weight is 326 g/mol. The Morgan fingerprint density at radius 1 is 1.37 bits per heavy atom. The van der Waals surface area contributed by atoms with Gasteiger partial charge in [0.1, 0.15) is 6.04 Å². The van der Waals surface area contributed by atoms with Crippen LogP contribution >= 0.6 is 15.9 Å². The van der Waals surface area contributed by atoms with E-state index in [1.165, 1.54) is 5.56 Å². The maximum atomic E-state index is 12.0. The maximum absolute atomic E-state index is 12.0. The number of esters is 1. The highest BCUT2D eigenvalue weighted by atomic mass is 79.9. The van der Waals surface area contributed by atoms with Gasteiger partial charge in [-0.3, -0.25) is 9.69 Å². The minimum atomic E-state index is -0.0719. The van der Waals surface area contributed by atoms with Crippen LogP contribution in [0.2, 0.25) is 0 Å². The molecule has 1 unspecified atom stereocenters. The van der Waals surface area contributed by atoms with E-state index in [4.69, 9.17) is 4.74 Å². The van der Waals surface area contributed by atoms with Crippen molar-refractivity contribution < 1.29 is 9.53 Å². The van der Waals surface area contributed by atoms with Crippen LogP contribution < -0.4 is 0 Å². The van der Waals surface area contributed by atoms with Gasteiger partial charge in [-0.2, -0.15) is 0 Å². The van der Waals surface area contributed by atoms with Gasteiger partial charge >= 0.3 is 5.97 Å². The van der Waals surface area contributed by atoms with Crippen LogP contribution in [0.25, 0.3) is 0 Å². The van der Waals surface area contributed by atoms with E-state index < -0.39 is 0 Å². The summed E-state index contributed by atoms with van der Waals surface area (Å²) in [4.78, 5) is 14.2. The number of halogens is 1. The van der Waals surface area contributed by atoms with Gasteiger partial charge in [0.05, 0.1) is 6.61 Å². The lowest BCUT2D eigenvalue weighted by molar-refractivity contribution is -0.151. The third-order valence-corrected chi connectivity index (χ3v) is 4.00. The number of piperidine rings is 1. The molecule has 0 bridgehead atoms. The van der Waals surface area contributed by atoms with E-state index in [0.717, 1.165) is 36.8 Å². The van der Waals surface area contributed by atoms with E-state index in [-0.39, 0.29) is 12.0 Å². The van der Waals surface area contributed by atoms with Crippen molar-refractivity contribution in [2.75, 3.05) is 13.2 Å². The first-order chi connectivity index (χ1) is 9.20. The molecule has 104 valence electrons. The Morgan fingerprint density at radius 3 is 2.79 bits per heavy atom. The number of likely N-dealkylation sites (tertiary alicyclic amines) is 1. The molecule has 0 aromatic heterocycles. The largest absolute Gasteiger partial charge is 0.465 e. The summed E-state index contributed by atoms with van der Waals surface area (Å²) in [5.41, 5.74) is 1.24. The number of hydrogen-bond donors (Lipinski definition) is 0. The molecule has 1 aromatic carbocycles. The lowest BCUT2D eigenvalue weighted by Crippen LogP contribution is -2.44. The molecule has 0 aliphatic carbocycles. The van der Waals surface area contributed by atoms with Crippen LogP contribution in [0.3, 0.4) is 0 Å². The summed E-state index contributed by atoms with van der Waals surface area (Å²) in [6.45, 7) is 4.11. The highest BCUT2D eigenvalue weighted by molar-refractivity contribution is 9.10. The first kappa shape index (κ1) is 14.5. The van der Waals surface area contributed by atoms with E-state index in [0.29, 0.717) is 6.61 Å². The third-order valence-electron chi connectivity index (χ3n) is 3.47. The molecule has 0 saturated carbocycles. The van der Waals surface area contributed by atoms with E-state index in [1.54, 1.807) is 0 Å². The monoisotopic (exact) mass is 325 g/mol. The Labute approximate surface area is 123 Å². The molecule has 0 radical (unpaired) electrons. The van der Waals surface area contributed by atoms with Gasteiger partial charge in [0.25, 0.3) is 0 Å². The minimum Gasteiger partial charge on any atom is -0.465 e. The Morgan fingerprint density at radius 2 is 2.11 bits per heavy atom. The van der Waals surface area contributed by atoms with E-state index in [2.05, 4.69) is 33.0 Å². The van der Waals surface area contributed by atoms with Crippen LogP contribution in [0.4, 0.5) is 0 Å². The van der Waals surface area contributed by atoms with Crippen molar-refractivity contribution in [2.24, 2.45) is 0 Å². The van der Waals surface area contributed by atoms with Crippen molar-refractivity contribution in [3.05, 3.63) is 34.3 Å². The van der Waals surface area contributed by atoms with Crippen molar-refractivity contribution in [1.29, 1.82) is 0 Å². The molecular weight excluding hydrogens is 306 g/mol. The Kier molecular flexibility index (Phi) is 5.40. The Bertz CT molecular complexity index is 419. The molecule has 1 aliphatic heterocycles. The first-order valence-corrected chi connectivity index (χ1v) is 7.65. The number of hydrogen-bond acceptors (Lipinski definition) is 3. The number of nitrogens with zero attached hydrogens (tertiary/aromatic N) is 1. The molecular formula is C15H20BrNO2. The van der Waals surface area contributed by atoms with Gasteiger partial charge < -0.3 is 4.74 Å². The van der Waals surface area contributed by atoms with Gasteiger partial charge in [-0.25, -0.2) is 0 Å². The fourth-order valence-corrected chi connectivity index (χ4v) is 2.77. The molecule has 4 heteroatoms. The van der Waals surface area contributed by atoms with Gasteiger partial charge in [-0.1, -0.05) is 34.5 Å². The van der Waals surface area contributed by atoms with Crippen molar-refractivity contribution in [3.8, 4) is 0 Å². The second-order valence-electron chi connectivity index (χ2n) is 4.86. The zero-order chi connectivity index (χ0) is 13.7. The summed E-state index contributed by atoms with van der Waals surface area (Å²) in [7, 11) is 0. The van der Waals surface area contributed by atoms with Crippen molar-refractivity contribution in [3.63, 3.8) is 0 Å². The van der Waals surface area contributed by atoms with Crippen molar-refractivity contribution in [1.82, 2.24) is 4.90 Å². The molecule has 1 atom stereocenters. The maximum Gasteiger partial charge on any atom is 0.323 e. The lowest BCUT2D eigenvalue weighted by Gasteiger charge is -2.33. The van der Waals surface area contributed by atoms with Crippen LogP contribution in [0.1, 0.15) is 31.7 Å². The minimum absolute atomic E-state index is 0.0701. The standard InChI is InChI=1S/C15H20BrNO2/c1-2-19-15(18)14-5-3-4-10-17(14)11-12-6-8-13(16)9-7-12/h6-9,14H,2-5,10-11H2,1H3. The Hall–Kier alpha value is -0.870. The summed E-state index contributed by atoms with van der Waals surface area (Å²) in [6, 6.07) is 8.20. The van der Waals surface area contributed by atoms with Crippen molar-refractivity contribution in [2.45, 2.75) is 38.8 Å². The number of benzene rings is 1. The molecule has 0 spiro atoms. The average Bonchev–Trinajstić information content (AvgIpc) is 2.42. The molecule has 2 rings (SSSR count). The summed E-state index contributed by atoms with van der Waals surface area (Å²) in [5, 5.41) is 0. The van der Waals surface area contributed by atoms with Crippen LogP contribution in [-0.4, -0.2) is 30.1 Å². The van der Waals surface area contributed by atoms with E-state index >= 15 is 0 Å². The van der Waals surface area contributed by atoms with Crippen LogP contribution in [0.15, 0.2) is 28.7 Å². The fourth-order valence-electron chi connectivity index (χ4n) is 2.51. The molecule has 1 saturated heterocycles. The zero-order valence-electron chi connectivity index (χ0n) is 11.3. The van der Waals surface area contributed by atoms with Crippen molar-refractivity contribution >= 4 is 21.9 Å². The normalized spacial score (nSPS) is 20.2. The smallest absolute Gasteiger partial charge is 0.323 e. The van der Waals surface area contributed by atoms with Gasteiger partial charge in [-0.05, 0) is 44.0 Å². The molecule has 1 heterocycles. The van der Waals surface area contributed by atoms with Gasteiger partial charge in [-0.15, -0.1) is 0 Å². The van der Waals surface area contributed by atoms with E-state index in [1.807, 2.05) is 19.1 Å². The number of carbonyl (C=O) groups is 1. The molecule has 1 aromatic rings. The summed E-state index contributed by atoms with van der Waals surface area (Å²) >= 11 is 3.44. The lowest BCUT2D eigenvalue weighted by atomic mass is 10.0. The van der Waals surface area contributed by atoms with Gasteiger partial charge in [0.2, 0.25) is 0 Å². The highest BCUT2D eigenvalue weighted by Gasteiger charge is 2.29. The molecule has 0 amide bonds. The molecule has 1 aliphatic rings. The molecule has 0 N–H and O–H groups in total. The van der Waals surface area contributed by atoms with Crippen LogP contribution in [-0.2, 0) is 16.1 Å². The zero-order valence-corrected chi connectivity index (χ0v) is 12.9. The molecule has 1 fully saturated rings. The van der Waals surface area contributed by atoms with E-state index in [9.17, 15) is 4.79 Å². The topological polar surface area (TPSA) is 29.5 Å². The fraction of sp³-hybridized carbons (Fsp3) is 0.533. The molecule has 3 nitrogen and oxygen atoms in total. The quantitative estimate of drug-likeness (QED) is 0.795. The first-order valence-electron chi connectivity index (χ1n) is 6.86. The second kappa shape index (κ2) is 7.06. The van der Waals surface area contributed by atoms with Gasteiger partial charge in [0, 0.05) is 11.0 Å². The van der Waals surface area contributed by atoms with Crippen LogP contribution in [0.5, 0.6) is 0 Å². The summed E-state index contributed by atoms with van der Waals surface area (Å²) in [6.07, 6.45) is 3.18. The summed E-state index contributed by atoms with van der Waals surface area (Å²) in [5.74, 6) is -0.0701. The summed E-state index contributed by atoms with van der Waals surface area (Å²) < 4.78 is 6.26. The van der Waals surface area contributed by atoms with Crippen LogP contribution in [0, 0.1) is 0 Å². The number of rotatable bonds is 4. The predicted molar refractivity (Wildman–Crippen MR) is 78.8 cm³/mol. The third kappa shape index (κ3) is 4.05. The predicted octanol–water partition coefficient (Wildman–Crippen LogP) is 3.37. The highest BCUT2D eigenvalue weighted by Crippen LogP contribution is 2.21. The Balaban J connectivity index is 2.03. The van der Waals surface area contributed by atoms with Gasteiger partial charge in [0.15, 0.2) is 0 Å². The second-order valence-corrected chi connectivity index (χ2v) is 5.78. The molecule has 19 heavy (non-hydrogen) atoms. The number of ether oxygens (including phenoxy) is 1. The SMILES string of the molecule is CCOC(=O)C1CCCCN1Cc1ccc(Br)cc1. The number of carbonyl (C=O) groups excluding carboxylic acids is 1.